The standard InChI is InChI=1S/C25H20N4O5S/c30-22(28-24(32)26-17-10-11-20-21(12-17)34-15-33-20)14-35-25-27-19-9-5-4-8-18(19)23(31)29(25)13-16-6-2-1-3-7-16/h1-12H,13-15H2,(H2,26,28,30,32). The van der Waals surface area contributed by atoms with Crippen LogP contribution in [0.3, 0.4) is 0 Å². The van der Waals surface area contributed by atoms with E-state index in [1.54, 1.807) is 47.0 Å². The van der Waals surface area contributed by atoms with Gasteiger partial charge in [-0.2, -0.15) is 0 Å². The molecule has 0 unspecified atom stereocenters. The average molecular weight is 489 g/mol. The van der Waals surface area contributed by atoms with Gasteiger partial charge in [-0.3, -0.25) is 19.5 Å². The molecule has 3 amide bonds. The number of amides is 3. The highest BCUT2D eigenvalue weighted by atomic mass is 32.2. The lowest BCUT2D eigenvalue weighted by atomic mass is 10.2. The van der Waals surface area contributed by atoms with E-state index in [1.807, 2.05) is 30.3 Å². The number of rotatable bonds is 6. The summed E-state index contributed by atoms with van der Waals surface area (Å²) in [6, 6.07) is 20.9. The summed E-state index contributed by atoms with van der Waals surface area (Å²) in [6.07, 6.45) is 0. The van der Waals surface area contributed by atoms with Gasteiger partial charge in [-0.25, -0.2) is 9.78 Å². The van der Waals surface area contributed by atoms with Crippen LogP contribution in [-0.4, -0.2) is 34.0 Å². The van der Waals surface area contributed by atoms with E-state index in [9.17, 15) is 14.4 Å². The summed E-state index contributed by atoms with van der Waals surface area (Å²) in [5, 5.41) is 5.77. The molecule has 2 N–H and O–H groups in total. The van der Waals surface area contributed by atoms with E-state index in [0.717, 1.165) is 17.3 Å². The summed E-state index contributed by atoms with van der Waals surface area (Å²) in [4.78, 5) is 42.5. The Morgan fingerprint density at radius 1 is 0.971 bits per heavy atom. The van der Waals surface area contributed by atoms with Crippen LogP contribution in [0.1, 0.15) is 5.56 Å². The predicted molar refractivity (Wildman–Crippen MR) is 132 cm³/mol. The van der Waals surface area contributed by atoms with Crippen molar-refractivity contribution in [2.75, 3.05) is 17.9 Å². The van der Waals surface area contributed by atoms with Crippen molar-refractivity contribution >= 4 is 40.3 Å². The Kier molecular flexibility index (Phi) is 6.36. The Morgan fingerprint density at radius 2 is 1.74 bits per heavy atom. The second kappa shape index (κ2) is 9.90. The van der Waals surface area contributed by atoms with Crippen LogP contribution in [0.25, 0.3) is 10.9 Å². The van der Waals surface area contributed by atoms with E-state index < -0.39 is 11.9 Å². The van der Waals surface area contributed by atoms with E-state index in [2.05, 4.69) is 15.6 Å². The first kappa shape index (κ1) is 22.5. The second-order valence-corrected chi connectivity index (χ2v) is 8.59. The fourth-order valence-electron chi connectivity index (χ4n) is 3.59. The third-order valence-corrected chi connectivity index (χ3v) is 6.20. The van der Waals surface area contributed by atoms with Crippen LogP contribution in [0.5, 0.6) is 11.5 Å². The number of ether oxygens (including phenoxy) is 2. The van der Waals surface area contributed by atoms with Crippen LogP contribution < -0.4 is 25.7 Å². The van der Waals surface area contributed by atoms with Gasteiger partial charge >= 0.3 is 6.03 Å². The number of hydrogen-bond acceptors (Lipinski definition) is 7. The normalized spacial score (nSPS) is 11.9. The Bertz CT molecular complexity index is 1470. The highest BCUT2D eigenvalue weighted by Crippen LogP contribution is 2.34. The monoisotopic (exact) mass is 488 g/mol. The molecule has 0 saturated heterocycles. The molecule has 4 aromatic rings. The van der Waals surface area contributed by atoms with Gasteiger partial charge in [0.15, 0.2) is 16.7 Å². The third kappa shape index (κ3) is 5.12. The molecule has 10 heteroatoms. The molecule has 0 spiro atoms. The van der Waals surface area contributed by atoms with Crippen molar-refractivity contribution in [1.82, 2.24) is 14.9 Å². The Morgan fingerprint density at radius 3 is 2.60 bits per heavy atom. The van der Waals surface area contributed by atoms with Crippen molar-refractivity contribution in [3.63, 3.8) is 0 Å². The lowest BCUT2D eigenvalue weighted by molar-refractivity contribution is -0.117. The molecular weight excluding hydrogens is 468 g/mol. The first-order chi connectivity index (χ1) is 17.1. The van der Waals surface area contributed by atoms with Crippen LogP contribution in [0.2, 0.25) is 0 Å². The molecule has 0 bridgehead atoms. The topological polar surface area (TPSA) is 112 Å². The zero-order valence-corrected chi connectivity index (χ0v) is 19.2. The fraction of sp³-hybridized carbons (Fsp3) is 0.120. The molecule has 1 aliphatic heterocycles. The molecule has 0 fully saturated rings. The zero-order valence-electron chi connectivity index (χ0n) is 18.4. The highest BCUT2D eigenvalue weighted by Gasteiger charge is 2.17. The number of thioether (sulfide) groups is 1. The van der Waals surface area contributed by atoms with Crippen LogP contribution in [0, 0.1) is 0 Å². The number of benzene rings is 3. The molecule has 0 atom stereocenters. The van der Waals surface area contributed by atoms with Gasteiger partial charge in [-0.15, -0.1) is 0 Å². The summed E-state index contributed by atoms with van der Waals surface area (Å²) in [6.45, 7) is 0.435. The van der Waals surface area contributed by atoms with Crippen molar-refractivity contribution in [2.24, 2.45) is 0 Å². The van der Waals surface area contributed by atoms with Crippen LogP contribution >= 0.6 is 11.8 Å². The Labute approximate surface area is 204 Å². The number of fused-ring (bicyclic) bond motifs is 2. The molecule has 3 aromatic carbocycles. The van der Waals surface area contributed by atoms with Gasteiger partial charge in [-0.05, 0) is 29.8 Å². The largest absolute Gasteiger partial charge is 0.454 e. The number of nitrogens with one attached hydrogen (secondary N) is 2. The van der Waals surface area contributed by atoms with E-state index in [0.29, 0.717) is 39.8 Å². The van der Waals surface area contributed by atoms with Gasteiger partial charge in [0.05, 0.1) is 23.2 Å². The maximum atomic E-state index is 13.2. The third-order valence-electron chi connectivity index (χ3n) is 5.23. The molecule has 1 aromatic heterocycles. The fourth-order valence-corrected chi connectivity index (χ4v) is 4.39. The quantitative estimate of drug-likeness (QED) is 0.315. The van der Waals surface area contributed by atoms with Gasteiger partial charge in [0.2, 0.25) is 12.7 Å². The predicted octanol–water partition coefficient (Wildman–Crippen LogP) is 3.61. The van der Waals surface area contributed by atoms with E-state index in [4.69, 9.17) is 9.47 Å². The minimum atomic E-state index is -0.678. The van der Waals surface area contributed by atoms with Crippen LogP contribution in [-0.2, 0) is 11.3 Å². The molecule has 0 radical (unpaired) electrons. The number of urea groups is 1. The maximum absolute atomic E-state index is 13.2. The molecule has 2 heterocycles. The van der Waals surface area contributed by atoms with Crippen molar-refractivity contribution in [3.8, 4) is 11.5 Å². The minimum Gasteiger partial charge on any atom is -0.454 e. The van der Waals surface area contributed by atoms with Crippen molar-refractivity contribution in [2.45, 2.75) is 11.7 Å². The summed E-state index contributed by atoms with van der Waals surface area (Å²) in [5.74, 6) is 0.479. The number of aromatic nitrogens is 2. The van der Waals surface area contributed by atoms with E-state index in [1.165, 1.54) is 0 Å². The molecule has 0 aliphatic carbocycles. The Hall–Kier alpha value is -4.31. The SMILES string of the molecule is O=C(CSc1nc2ccccc2c(=O)n1Cc1ccccc1)NC(=O)Nc1ccc2c(c1)OCO2. The zero-order chi connectivity index (χ0) is 24.2. The number of anilines is 1. The van der Waals surface area contributed by atoms with Crippen LogP contribution in [0.4, 0.5) is 10.5 Å². The number of carbonyl (C=O) groups is 2. The molecule has 1 aliphatic rings. The molecule has 9 nitrogen and oxygen atoms in total. The summed E-state index contributed by atoms with van der Waals surface area (Å²) < 4.78 is 12.1. The summed E-state index contributed by atoms with van der Waals surface area (Å²) >= 11 is 1.09. The smallest absolute Gasteiger partial charge is 0.325 e. The van der Waals surface area contributed by atoms with Gasteiger partial charge < -0.3 is 14.8 Å². The number of carbonyl (C=O) groups excluding carboxylic acids is 2. The molecular formula is C25H20N4O5S. The molecule has 5 rings (SSSR count). The van der Waals surface area contributed by atoms with Crippen LogP contribution in [0.15, 0.2) is 82.7 Å². The highest BCUT2D eigenvalue weighted by molar-refractivity contribution is 7.99. The minimum absolute atomic E-state index is 0.103. The van der Waals surface area contributed by atoms with E-state index >= 15 is 0 Å². The molecule has 176 valence electrons. The number of imide groups is 1. The Balaban J connectivity index is 1.28. The summed E-state index contributed by atoms with van der Waals surface area (Å²) in [5.41, 5.74) is 1.74. The van der Waals surface area contributed by atoms with Crippen molar-refractivity contribution in [1.29, 1.82) is 0 Å². The van der Waals surface area contributed by atoms with Gasteiger partial charge in [-0.1, -0.05) is 54.2 Å². The van der Waals surface area contributed by atoms with Gasteiger partial charge in [0, 0.05) is 11.8 Å². The maximum Gasteiger partial charge on any atom is 0.325 e. The lowest BCUT2D eigenvalue weighted by Gasteiger charge is -2.13. The number of para-hydroxylation sites is 1. The second-order valence-electron chi connectivity index (χ2n) is 7.65. The number of nitrogens with zero attached hydrogens (tertiary/aromatic N) is 2. The molecule has 0 saturated carbocycles. The van der Waals surface area contributed by atoms with Gasteiger partial charge in [0.1, 0.15) is 0 Å². The van der Waals surface area contributed by atoms with E-state index in [-0.39, 0.29) is 18.1 Å². The molecule has 35 heavy (non-hydrogen) atoms. The van der Waals surface area contributed by atoms with Crippen molar-refractivity contribution < 1.29 is 19.1 Å². The van der Waals surface area contributed by atoms with Crippen molar-refractivity contribution in [3.05, 3.63) is 88.7 Å². The first-order valence-corrected chi connectivity index (χ1v) is 11.7. The number of hydrogen-bond donors (Lipinski definition) is 2. The average Bonchev–Trinajstić information content (AvgIpc) is 3.33. The van der Waals surface area contributed by atoms with Gasteiger partial charge in [0.25, 0.3) is 5.56 Å². The first-order valence-electron chi connectivity index (χ1n) is 10.7. The summed E-state index contributed by atoms with van der Waals surface area (Å²) in [7, 11) is 0. The lowest BCUT2D eigenvalue weighted by Crippen LogP contribution is -2.35.